The van der Waals surface area contributed by atoms with Crippen molar-refractivity contribution in [3.8, 4) is 0 Å². The number of nitrogens with zero attached hydrogens (tertiary/aromatic N) is 1. The van der Waals surface area contributed by atoms with Gasteiger partial charge >= 0.3 is 0 Å². The zero-order chi connectivity index (χ0) is 20.7. The Morgan fingerprint density at radius 2 is 1.79 bits per heavy atom. The van der Waals surface area contributed by atoms with Crippen LogP contribution in [0.3, 0.4) is 0 Å². The summed E-state index contributed by atoms with van der Waals surface area (Å²) in [5.41, 5.74) is 5.98. The van der Waals surface area contributed by atoms with Crippen LogP contribution in [0.2, 0.25) is 10.0 Å². The number of nitrogens with one attached hydrogen (secondary N) is 2. The van der Waals surface area contributed by atoms with Crippen LogP contribution in [-0.2, 0) is 9.59 Å². The van der Waals surface area contributed by atoms with Gasteiger partial charge in [0.05, 0.1) is 29.4 Å². The molecule has 0 aliphatic heterocycles. The molecule has 2 rings (SSSR count). The van der Waals surface area contributed by atoms with Crippen molar-refractivity contribution >= 4 is 62.9 Å². The lowest BCUT2D eigenvalue weighted by Crippen LogP contribution is -2.39. The summed E-state index contributed by atoms with van der Waals surface area (Å²) < 4.78 is 0. The number of carbonyl (C=O) groups excluding carboxylic acids is 3. The zero-order valence-corrected chi connectivity index (χ0v) is 17.5. The van der Waals surface area contributed by atoms with Crippen LogP contribution in [0.15, 0.2) is 29.6 Å². The number of hydrogen-bond donors (Lipinski definition) is 3. The van der Waals surface area contributed by atoms with Crippen LogP contribution in [0.1, 0.15) is 23.7 Å². The molecule has 10 heteroatoms. The molecule has 0 aliphatic rings. The molecule has 1 aromatic carbocycles. The number of carbonyl (C=O) groups is 3. The van der Waals surface area contributed by atoms with Crippen molar-refractivity contribution in [1.82, 2.24) is 4.90 Å². The highest BCUT2D eigenvalue weighted by Crippen LogP contribution is 2.25. The van der Waals surface area contributed by atoms with Crippen molar-refractivity contribution < 1.29 is 14.4 Å². The Hall–Kier alpha value is -2.13. The molecule has 7 nitrogen and oxygen atoms in total. The molecule has 0 aliphatic carbocycles. The van der Waals surface area contributed by atoms with Gasteiger partial charge in [0, 0.05) is 5.02 Å². The Morgan fingerprint density at radius 1 is 1.11 bits per heavy atom. The summed E-state index contributed by atoms with van der Waals surface area (Å²) in [5, 5.41) is 8.24. The molecule has 0 spiro atoms. The number of primary amides is 1. The van der Waals surface area contributed by atoms with Gasteiger partial charge in [-0.25, -0.2) is 0 Å². The topological polar surface area (TPSA) is 105 Å². The van der Waals surface area contributed by atoms with E-state index in [1.54, 1.807) is 28.5 Å². The molecule has 1 heterocycles. The maximum absolute atomic E-state index is 12.3. The van der Waals surface area contributed by atoms with E-state index >= 15 is 0 Å². The van der Waals surface area contributed by atoms with E-state index in [9.17, 15) is 14.4 Å². The fourth-order valence-corrected chi connectivity index (χ4v) is 3.75. The molecule has 0 atom stereocenters. The van der Waals surface area contributed by atoms with E-state index in [4.69, 9.17) is 28.9 Å². The Bertz CT molecular complexity index is 872. The summed E-state index contributed by atoms with van der Waals surface area (Å²) in [6, 6.07) is 6.32. The average molecular weight is 443 g/mol. The number of rotatable bonds is 9. The highest BCUT2D eigenvalue weighted by molar-refractivity contribution is 7.14. The third-order valence-corrected chi connectivity index (χ3v) is 5.04. The van der Waals surface area contributed by atoms with Crippen molar-refractivity contribution in [3.63, 3.8) is 0 Å². The van der Waals surface area contributed by atoms with Crippen LogP contribution in [0.4, 0.5) is 10.7 Å². The first-order valence-corrected chi connectivity index (χ1v) is 10.1. The van der Waals surface area contributed by atoms with Crippen molar-refractivity contribution in [2.24, 2.45) is 5.73 Å². The van der Waals surface area contributed by atoms with Gasteiger partial charge in [-0.15, -0.1) is 11.3 Å². The van der Waals surface area contributed by atoms with Gasteiger partial charge in [-0.3, -0.25) is 19.3 Å². The molecule has 150 valence electrons. The van der Waals surface area contributed by atoms with Gasteiger partial charge in [-0.05, 0) is 42.6 Å². The van der Waals surface area contributed by atoms with Crippen LogP contribution in [0, 0.1) is 0 Å². The molecule has 28 heavy (non-hydrogen) atoms. The second-order valence-electron chi connectivity index (χ2n) is 5.96. The quantitative estimate of drug-likeness (QED) is 0.552. The monoisotopic (exact) mass is 442 g/mol. The number of nitrogens with two attached hydrogens (primary N) is 1. The van der Waals surface area contributed by atoms with Gasteiger partial charge in [0.15, 0.2) is 0 Å². The zero-order valence-electron chi connectivity index (χ0n) is 15.1. The van der Waals surface area contributed by atoms with E-state index in [1.165, 1.54) is 17.4 Å². The predicted octanol–water partition coefficient (Wildman–Crippen LogP) is 3.44. The third-order valence-electron chi connectivity index (χ3n) is 3.66. The number of benzene rings is 1. The SMILES string of the molecule is CCCN(CC(=O)Nc1ccc(Cl)cc1Cl)CC(=O)Nc1sccc1C(N)=O. The number of hydrogen-bond acceptors (Lipinski definition) is 5. The van der Waals surface area contributed by atoms with E-state index in [-0.39, 0.29) is 30.5 Å². The van der Waals surface area contributed by atoms with E-state index in [0.29, 0.717) is 27.3 Å². The summed E-state index contributed by atoms with van der Waals surface area (Å²) in [4.78, 5) is 37.7. The van der Waals surface area contributed by atoms with Gasteiger partial charge in [-0.1, -0.05) is 30.1 Å². The molecule has 1 aromatic heterocycles. The van der Waals surface area contributed by atoms with Gasteiger partial charge in [0.2, 0.25) is 11.8 Å². The lowest BCUT2D eigenvalue weighted by molar-refractivity contribution is -0.120. The van der Waals surface area contributed by atoms with E-state index < -0.39 is 5.91 Å². The van der Waals surface area contributed by atoms with Crippen LogP contribution in [-0.4, -0.2) is 42.3 Å². The molecule has 0 saturated heterocycles. The normalized spacial score (nSPS) is 10.7. The van der Waals surface area contributed by atoms with Crippen molar-refractivity contribution in [2.45, 2.75) is 13.3 Å². The summed E-state index contributed by atoms with van der Waals surface area (Å²) >= 11 is 13.1. The molecule has 2 aromatic rings. The third kappa shape index (κ3) is 6.49. The number of anilines is 2. The molecule has 0 saturated carbocycles. The molecular weight excluding hydrogens is 423 g/mol. The summed E-state index contributed by atoms with van der Waals surface area (Å²) in [7, 11) is 0. The Morgan fingerprint density at radius 3 is 2.39 bits per heavy atom. The van der Waals surface area contributed by atoms with Gasteiger partial charge in [0.25, 0.3) is 5.91 Å². The fraction of sp³-hybridized carbons (Fsp3) is 0.278. The first-order valence-electron chi connectivity index (χ1n) is 8.44. The van der Waals surface area contributed by atoms with Crippen molar-refractivity contribution in [1.29, 1.82) is 0 Å². The molecular formula is C18H20Cl2N4O3S. The van der Waals surface area contributed by atoms with Gasteiger partial charge in [0.1, 0.15) is 5.00 Å². The summed E-state index contributed by atoms with van der Waals surface area (Å²) in [6.45, 7) is 2.49. The second kappa shape index (κ2) is 10.4. The maximum Gasteiger partial charge on any atom is 0.251 e. The second-order valence-corrected chi connectivity index (χ2v) is 7.72. The smallest absolute Gasteiger partial charge is 0.251 e. The number of amides is 3. The summed E-state index contributed by atoms with van der Waals surface area (Å²) in [5.74, 6) is -1.25. The van der Waals surface area contributed by atoms with Gasteiger partial charge in [-0.2, -0.15) is 0 Å². The van der Waals surface area contributed by atoms with Crippen LogP contribution in [0.5, 0.6) is 0 Å². The lowest BCUT2D eigenvalue weighted by atomic mass is 10.3. The number of thiophene rings is 1. The first-order chi connectivity index (χ1) is 13.3. The first kappa shape index (κ1) is 22.2. The largest absolute Gasteiger partial charge is 0.366 e. The van der Waals surface area contributed by atoms with Crippen LogP contribution < -0.4 is 16.4 Å². The predicted molar refractivity (Wildman–Crippen MR) is 113 cm³/mol. The highest BCUT2D eigenvalue weighted by Gasteiger charge is 2.17. The Kier molecular flexibility index (Phi) is 8.25. The minimum absolute atomic E-state index is 0.00727. The molecule has 0 unspecified atom stereocenters. The van der Waals surface area contributed by atoms with Crippen LogP contribution >= 0.6 is 34.5 Å². The minimum Gasteiger partial charge on any atom is -0.366 e. The standard InChI is InChI=1S/C18H20Cl2N4O3S/c1-2-6-24(9-15(25)22-14-4-3-11(19)8-13(14)20)10-16(26)23-18-12(17(21)27)5-7-28-18/h3-5,7-8H,2,6,9-10H2,1H3,(H2,21,27)(H,22,25)(H,23,26). The molecule has 3 amide bonds. The highest BCUT2D eigenvalue weighted by atomic mass is 35.5. The maximum atomic E-state index is 12.3. The van der Waals surface area contributed by atoms with E-state index in [1.807, 2.05) is 6.92 Å². The Balaban J connectivity index is 1.96. The molecule has 0 bridgehead atoms. The average Bonchev–Trinajstić information content (AvgIpc) is 3.05. The lowest BCUT2D eigenvalue weighted by Gasteiger charge is -2.20. The minimum atomic E-state index is -0.610. The van der Waals surface area contributed by atoms with E-state index in [0.717, 1.165) is 6.42 Å². The molecule has 0 radical (unpaired) electrons. The van der Waals surface area contributed by atoms with E-state index in [2.05, 4.69) is 10.6 Å². The van der Waals surface area contributed by atoms with Crippen LogP contribution in [0.25, 0.3) is 0 Å². The molecule has 4 N–H and O–H groups in total. The number of halogens is 2. The Labute approximate surface area is 176 Å². The molecule has 0 fully saturated rings. The summed E-state index contributed by atoms with van der Waals surface area (Å²) in [6.07, 6.45) is 0.758. The van der Waals surface area contributed by atoms with Crippen molar-refractivity contribution in [2.75, 3.05) is 30.3 Å². The van der Waals surface area contributed by atoms with Gasteiger partial charge < -0.3 is 16.4 Å². The fourth-order valence-electron chi connectivity index (χ4n) is 2.48. The van der Waals surface area contributed by atoms with Crippen molar-refractivity contribution in [3.05, 3.63) is 45.3 Å².